The van der Waals surface area contributed by atoms with E-state index in [0.717, 1.165) is 42.4 Å². The quantitative estimate of drug-likeness (QED) is 0.334. The zero-order valence-corrected chi connectivity index (χ0v) is 23.8. The molecule has 0 saturated heterocycles. The van der Waals surface area contributed by atoms with Crippen molar-refractivity contribution in [3.05, 3.63) is 101 Å². The Kier molecular flexibility index (Phi) is 9.45. The second kappa shape index (κ2) is 13.0. The van der Waals surface area contributed by atoms with E-state index in [2.05, 4.69) is 26.1 Å². The van der Waals surface area contributed by atoms with Gasteiger partial charge in [0, 0.05) is 19.0 Å². The summed E-state index contributed by atoms with van der Waals surface area (Å²) < 4.78 is 5.96. The summed E-state index contributed by atoms with van der Waals surface area (Å²) in [6.07, 6.45) is 4.67. The monoisotopic (exact) mass is 526 g/mol. The highest BCUT2D eigenvalue weighted by molar-refractivity contribution is 5.88. The number of benzene rings is 3. The van der Waals surface area contributed by atoms with E-state index in [0.29, 0.717) is 18.7 Å². The fraction of sp³-hybridized carbons (Fsp3) is 0.412. The van der Waals surface area contributed by atoms with Crippen molar-refractivity contribution in [3.63, 3.8) is 0 Å². The molecule has 0 heterocycles. The fourth-order valence-corrected chi connectivity index (χ4v) is 5.09. The molecular formula is C34H42N2O3. The van der Waals surface area contributed by atoms with Gasteiger partial charge in [0.25, 0.3) is 5.91 Å². The Hall–Kier alpha value is -3.60. The van der Waals surface area contributed by atoms with E-state index in [1.165, 1.54) is 5.56 Å². The lowest BCUT2D eigenvalue weighted by Crippen LogP contribution is -2.53. The Morgan fingerprint density at radius 2 is 1.54 bits per heavy atom. The van der Waals surface area contributed by atoms with Crippen molar-refractivity contribution in [2.45, 2.75) is 83.8 Å². The van der Waals surface area contributed by atoms with Gasteiger partial charge in [0.15, 0.2) is 6.61 Å². The number of hydrogen-bond donors (Lipinski definition) is 1. The molecule has 5 heteroatoms. The lowest BCUT2D eigenvalue weighted by molar-refractivity contribution is -0.143. The predicted octanol–water partition coefficient (Wildman–Crippen LogP) is 6.37. The third-order valence-electron chi connectivity index (χ3n) is 7.53. The first-order valence-corrected chi connectivity index (χ1v) is 14.1. The summed E-state index contributed by atoms with van der Waals surface area (Å²) in [5, 5.41) is 3.25. The summed E-state index contributed by atoms with van der Waals surface area (Å²) in [6.45, 7) is 8.74. The number of ether oxygens (including phenoxy) is 1. The highest BCUT2D eigenvalue weighted by Gasteiger charge is 2.32. The average Bonchev–Trinajstić information content (AvgIpc) is 3.43. The van der Waals surface area contributed by atoms with Crippen LogP contribution in [0.25, 0.3) is 0 Å². The summed E-state index contributed by atoms with van der Waals surface area (Å²) >= 11 is 0. The largest absolute Gasteiger partial charge is 0.484 e. The van der Waals surface area contributed by atoms with Crippen LogP contribution in [0.5, 0.6) is 5.75 Å². The van der Waals surface area contributed by atoms with Gasteiger partial charge in [-0.1, -0.05) is 106 Å². The van der Waals surface area contributed by atoms with Crippen molar-refractivity contribution in [1.29, 1.82) is 0 Å². The predicted molar refractivity (Wildman–Crippen MR) is 157 cm³/mol. The van der Waals surface area contributed by atoms with Crippen LogP contribution in [-0.2, 0) is 28.0 Å². The molecule has 0 bridgehead atoms. The molecule has 0 unspecified atom stereocenters. The maximum atomic E-state index is 13.8. The molecule has 3 aromatic rings. The van der Waals surface area contributed by atoms with Crippen LogP contribution < -0.4 is 10.1 Å². The Bertz CT molecular complexity index is 1210. The second-order valence-corrected chi connectivity index (χ2v) is 11.8. The number of carbonyl (C=O) groups is 2. The SMILES string of the molecule is Cc1ccc(CN(C(=O)COc2ccc(C(C)(C)C)cc2)[C@@H](Cc2ccccc2)C(=O)NC2CCCC2)cc1. The lowest BCUT2D eigenvalue weighted by Gasteiger charge is -2.32. The van der Waals surface area contributed by atoms with Gasteiger partial charge in [-0.25, -0.2) is 0 Å². The van der Waals surface area contributed by atoms with Crippen LogP contribution in [0.4, 0.5) is 0 Å². The zero-order valence-electron chi connectivity index (χ0n) is 23.8. The molecule has 4 rings (SSSR count). The molecule has 1 N–H and O–H groups in total. The summed E-state index contributed by atoms with van der Waals surface area (Å²) in [5.41, 5.74) is 4.39. The highest BCUT2D eigenvalue weighted by Crippen LogP contribution is 2.25. The third-order valence-corrected chi connectivity index (χ3v) is 7.53. The topological polar surface area (TPSA) is 58.6 Å². The number of nitrogens with one attached hydrogen (secondary N) is 1. The molecule has 1 fully saturated rings. The van der Waals surface area contributed by atoms with Gasteiger partial charge in [-0.2, -0.15) is 0 Å². The average molecular weight is 527 g/mol. The van der Waals surface area contributed by atoms with Crippen LogP contribution in [0.15, 0.2) is 78.9 Å². The Morgan fingerprint density at radius 1 is 0.897 bits per heavy atom. The molecule has 39 heavy (non-hydrogen) atoms. The van der Waals surface area contributed by atoms with Crippen molar-refractivity contribution in [2.24, 2.45) is 0 Å². The summed E-state index contributed by atoms with van der Waals surface area (Å²) in [5.74, 6) is 0.334. The molecule has 0 radical (unpaired) electrons. The van der Waals surface area contributed by atoms with Gasteiger partial charge in [0.1, 0.15) is 11.8 Å². The standard InChI is InChI=1S/C34H42N2O3/c1-25-14-16-27(17-15-25)23-36(32(37)24-39-30-20-18-28(19-21-30)34(2,3)4)31(22-26-10-6-5-7-11-26)33(38)35-29-12-8-9-13-29/h5-7,10-11,14-21,29,31H,8-9,12-13,22-24H2,1-4H3,(H,35,38)/t31-/m0/s1. The number of amides is 2. The molecule has 0 aromatic heterocycles. The van der Waals surface area contributed by atoms with Gasteiger partial charge in [0.05, 0.1) is 0 Å². The van der Waals surface area contributed by atoms with Crippen molar-refractivity contribution in [1.82, 2.24) is 10.2 Å². The molecular weight excluding hydrogens is 484 g/mol. The summed E-state index contributed by atoms with van der Waals surface area (Å²) in [4.78, 5) is 29.3. The molecule has 1 atom stereocenters. The molecule has 2 amide bonds. The third kappa shape index (κ3) is 8.19. The maximum Gasteiger partial charge on any atom is 0.261 e. The van der Waals surface area contributed by atoms with E-state index in [9.17, 15) is 9.59 Å². The minimum Gasteiger partial charge on any atom is -0.484 e. The van der Waals surface area contributed by atoms with Gasteiger partial charge in [-0.05, 0) is 54.0 Å². The Balaban J connectivity index is 1.58. The first-order chi connectivity index (χ1) is 18.7. The Morgan fingerprint density at radius 3 is 2.15 bits per heavy atom. The normalized spacial score (nSPS) is 14.6. The van der Waals surface area contributed by atoms with Crippen LogP contribution >= 0.6 is 0 Å². The number of carbonyl (C=O) groups excluding carboxylic acids is 2. The fourth-order valence-electron chi connectivity index (χ4n) is 5.09. The number of aryl methyl sites for hydroxylation is 1. The number of rotatable bonds is 10. The molecule has 5 nitrogen and oxygen atoms in total. The van der Waals surface area contributed by atoms with Crippen LogP contribution in [-0.4, -0.2) is 35.4 Å². The van der Waals surface area contributed by atoms with Crippen LogP contribution in [0, 0.1) is 6.92 Å². The molecule has 206 valence electrons. The van der Waals surface area contributed by atoms with E-state index in [1.54, 1.807) is 4.90 Å². The zero-order chi connectivity index (χ0) is 27.8. The van der Waals surface area contributed by atoms with Crippen LogP contribution in [0.1, 0.15) is 68.7 Å². The van der Waals surface area contributed by atoms with Crippen molar-refractivity contribution < 1.29 is 14.3 Å². The van der Waals surface area contributed by atoms with Gasteiger partial charge < -0.3 is 15.0 Å². The smallest absolute Gasteiger partial charge is 0.261 e. The van der Waals surface area contributed by atoms with E-state index < -0.39 is 6.04 Å². The van der Waals surface area contributed by atoms with Crippen molar-refractivity contribution in [2.75, 3.05) is 6.61 Å². The lowest BCUT2D eigenvalue weighted by atomic mass is 9.87. The summed E-state index contributed by atoms with van der Waals surface area (Å²) in [6, 6.07) is 25.5. The Labute approximate surface area is 233 Å². The van der Waals surface area contributed by atoms with Gasteiger partial charge in [-0.15, -0.1) is 0 Å². The van der Waals surface area contributed by atoms with Gasteiger partial charge in [0.2, 0.25) is 5.91 Å². The molecule has 0 aliphatic heterocycles. The van der Waals surface area contributed by atoms with Crippen molar-refractivity contribution >= 4 is 11.8 Å². The van der Waals surface area contributed by atoms with E-state index >= 15 is 0 Å². The first kappa shape index (κ1) is 28.4. The van der Waals surface area contributed by atoms with E-state index in [1.807, 2.05) is 85.8 Å². The summed E-state index contributed by atoms with van der Waals surface area (Å²) in [7, 11) is 0. The molecule has 3 aromatic carbocycles. The molecule has 1 aliphatic carbocycles. The molecule has 0 spiro atoms. The van der Waals surface area contributed by atoms with Gasteiger partial charge in [-0.3, -0.25) is 9.59 Å². The minimum atomic E-state index is -0.645. The molecule has 1 aliphatic rings. The van der Waals surface area contributed by atoms with Crippen molar-refractivity contribution in [3.8, 4) is 5.75 Å². The van der Waals surface area contributed by atoms with Crippen LogP contribution in [0.2, 0.25) is 0 Å². The minimum absolute atomic E-state index is 0.0382. The second-order valence-electron chi connectivity index (χ2n) is 11.8. The van der Waals surface area contributed by atoms with Gasteiger partial charge >= 0.3 is 0 Å². The highest BCUT2D eigenvalue weighted by atomic mass is 16.5. The number of hydrogen-bond acceptors (Lipinski definition) is 3. The van der Waals surface area contributed by atoms with E-state index in [-0.39, 0.29) is 29.9 Å². The van der Waals surface area contributed by atoms with E-state index in [4.69, 9.17) is 4.74 Å². The molecule has 1 saturated carbocycles. The maximum absolute atomic E-state index is 13.8. The first-order valence-electron chi connectivity index (χ1n) is 14.1. The van der Waals surface area contributed by atoms with Crippen LogP contribution in [0.3, 0.4) is 0 Å². The number of nitrogens with zero attached hydrogens (tertiary/aromatic N) is 1.